The molecule has 2 aromatic carbocycles. The number of hydrogen-bond acceptors (Lipinski definition) is 1. The van der Waals surface area contributed by atoms with Crippen LogP contribution in [0, 0.1) is 5.82 Å². The van der Waals surface area contributed by atoms with Crippen molar-refractivity contribution < 1.29 is 9.18 Å². The molecule has 1 aliphatic rings. The second-order valence-electron chi connectivity index (χ2n) is 6.08. The molecule has 1 nitrogen and oxygen atoms in total. The molecule has 0 spiro atoms. The molecular formula is C20H21FOSe. The first-order valence-corrected chi connectivity index (χ1v) is 10.2. The van der Waals surface area contributed by atoms with Crippen molar-refractivity contribution >= 4 is 20.7 Å². The van der Waals surface area contributed by atoms with E-state index in [9.17, 15) is 9.18 Å². The molecule has 0 saturated heterocycles. The SMILES string of the molecule is O=C(C[C@@H]([Se]C1CCCC1)c1ccccc1)c1ccc(F)cc1. The number of benzene rings is 2. The van der Waals surface area contributed by atoms with Crippen LogP contribution in [0.3, 0.4) is 0 Å². The van der Waals surface area contributed by atoms with Gasteiger partial charge in [0.1, 0.15) is 0 Å². The third-order valence-electron chi connectivity index (χ3n) is 4.37. The first kappa shape index (κ1) is 16.4. The van der Waals surface area contributed by atoms with E-state index < -0.39 is 0 Å². The molecular weight excluding hydrogens is 354 g/mol. The van der Waals surface area contributed by atoms with Gasteiger partial charge in [-0.2, -0.15) is 0 Å². The zero-order valence-electron chi connectivity index (χ0n) is 13.1. The van der Waals surface area contributed by atoms with Crippen molar-refractivity contribution in [1.29, 1.82) is 0 Å². The molecule has 0 bridgehead atoms. The van der Waals surface area contributed by atoms with E-state index in [1.165, 1.54) is 43.4 Å². The Hall–Kier alpha value is -1.44. The van der Waals surface area contributed by atoms with Gasteiger partial charge < -0.3 is 0 Å². The Labute approximate surface area is 143 Å². The maximum absolute atomic E-state index is 13.0. The van der Waals surface area contributed by atoms with Crippen LogP contribution in [0.1, 0.15) is 52.8 Å². The Bertz CT molecular complexity index is 632. The summed E-state index contributed by atoms with van der Waals surface area (Å²) in [6.07, 6.45) is 5.83. The Kier molecular flexibility index (Phi) is 5.64. The molecule has 0 N–H and O–H groups in total. The van der Waals surface area contributed by atoms with Crippen molar-refractivity contribution in [2.24, 2.45) is 0 Å². The van der Waals surface area contributed by atoms with Gasteiger partial charge in [-0.05, 0) is 0 Å². The molecule has 23 heavy (non-hydrogen) atoms. The summed E-state index contributed by atoms with van der Waals surface area (Å²) < 4.78 is 13.0. The summed E-state index contributed by atoms with van der Waals surface area (Å²) in [7, 11) is 0. The topological polar surface area (TPSA) is 17.1 Å². The van der Waals surface area contributed by atoms with E-state index in [4.69, 9.17) is 0 Å². The molecule has 0 aliphatic heterocycles. The molecule has 1 saturated carbocycles. The van der Waals surface area contributed by atoms with Gasteiger partial charge in [0.2, 0.25) is 0 Å². The normalized spacial score (nSPS) is 16.4. The van der Waals surface area contributed by atoms with E-state index in [-0.39, 0.29) is 11.6 Å². The molecule has 1 fully saturated rings. The zero-order valence-corrected chi connectivity index (χ0v) is 14.8. The summed E-state index contributed by atoms with van der Waals surface area (Å²) in [6, 6.07) is 16.3. The van der Waals surface area contributed by atoms with Gasteiger partial charge in [0.05, 0.1) is 0 Å². The average Bonchev–Trinajstić information content (AvgIpc) is 3.09. The number of halogens is 1. The molecule has 0 amide bonds. The van der Waals surface area contributed by atoms with E-state index >= 15 is 0 Å². The van der Waals surface area contributed by atoms with Gasteiger partial charge in [-0.15, -0.1) is 0 Å². The molecule has 2 aromatic rings. The summed E-state index contributed by atoms with van der Waals surface area (Å²) in [5.41, 5.74) is 1.89. The van der Waals surface area contributed by atoms with Crippen LogP contribution in [0.15, 0.2) is 54.6 Å². The van der Waals surface area contributed by atoms with E-state index in [1.807, 2.05) is 6.07 Å². The summed E-state index contributed by atoms with van der Waals surface area (Å²) in [5.74, 6) is -0.171. The minimum absolute atomic E-state index is 0.124. The van der Waals surface area contributed by atoms with Gasteiger partial charge >= 0.3 is 143 Å². The fourth-order valence-electron chi connectivity index (χ4n) is 3.09. The first-order chi connectivity index (χ1) is 11.2. The quantitative estimate of drug-likeness (QED) is 0.501. The van der Waals surface area contributed by atoms with Gasteiger partial charge in [0.15, 0.2) is 0 Å². The van der Waals surface area contributed by atoms with Crippen LogP contribution in [-0.4, -0.2) is 20.7 Å². The van der Waals surface area contributed by atoms with Crippen molar-refractivity contribution in [3.05, 3.63) is 71.5 Å². The molecule has 0 radical (unpaired) electrons. The number of carbonyl (C=O) groups is 1. The fourth-order valence-corrected chi connectivity index (χ4v) is 6.52. The van der Waals surface area contributed by atoms with Gasteiger partial charge in [-0.3, -0.25) is 0 Å². The van der Waals surface area contributed by atoms with Crippen LogP contribution in [-0.2, 0) is 0 Å². The second kappa shape index (κ2) is 7.90. The van der Waals surface area contributed by atoms with Crippen LogP contribution in [0.5, 0.6) is 0 Å². The van der Waals surface area contributed by atoms with E-state index in [0.717, 1.165) is 4.82 Å². The van der Waals surface area contributed by atoms with Crippen molar-refractivity contribution in [3.8, 4) is 0 Å². The standard InChI is InChI=1S/C20H21FOSe/c21-17-12-10-15(11-13-17)19(22)14-20(16-6-2-1-3-7-16)23-18-8-4-5-9-18/h1-3,6-7,10-13,18,20H,4-5,8-9,14H2/t20-/m1/s1. The summed E-state index contributed by atoms with van der Waals surface area (Å²) in [4.78, 5) is 13.7. The third-order valence-corrected chi connectivity index (χ3v) is 7.77. The molecule has 1 atom stereocenters. The van der Waals surface area contributed by atoms with E-state index in [0.29, 0.717) is 31.8 Å². The molecule has 0 heterocycles. The molecule has 120 valence electrons. The average molecular weight is 375 g/mol. The maximum atomic E-state index is 13.0. The van der Waals surface area contributed by atoms with Gasteiger partial charge in [-0.25, -0.2) is 0 Å². The van der Waals surface area contributed by atoms with Crippen molar-refractivity contribution in [1.82, 2.24) is 0 Å². The number of ketones is 1. The summed E-state index contributed by atoms with van der Waals surface area (Å²) in [6.45, 7) is 0. The molecule has 3 heteroatoms. The van der Waals surface area contributed by atoms with Crippen molar-refractivity contribution in [3.63, 3.8) is 0 Å². The van der Waals surface area contributed by atoms with Gasteiger partial charge in [-0.1, -0.05) is 0 Å². The van der Waals surface area contributed by atoms with Crippen LogP contribution in [0.25, 0.3) is 0 Å². The van der Waals surface area contributed by atoms with Crippen LogP contribution < -0.4 is 0 Å². The third kappa shape index (κ3) is 4.53. The predicted octanol–water partition coefficient (Wildman–Crippen LogP) is 5.21. The van der Waals surface area contributed by atoms with Crippen LogP contribution >= 0.6 is 0 Å². The van der Waals surface area contributed by atoms with Crippen molar-refractivity contribution in [2.45, 2.75) is 41.7 Å². The minimum atomic E-state index is -0.295. The number of Topliss-reactive ketones (excluding diaryl/α,β-unsaturated/α-hetero) is 1. The number of hydrogen-bond donors (Lipinski definition) is 0. The molecule has 0 unspecified atom stereocenters. The monoisotopic (exact) mass is 376 g/mol. The molecule has 1 aliphatic carbocycles. The first-order valence-electron chi connectivity index (χ1n) is 8.21. The Morgan fingerprint density at radius 3 is 2.35 bits per heavy atom. The fraction of sp³-hybridized carbons (Fsp3) is 0.350. The molecule has 3 rings (SSSR count). The van der Waals surface area contributed by atoms with Gasteiger partial charge in [0.25, 0.3) is 0 Å². The number of rotatable bonds is 6. The predicted molar refractivity (Wildman–Crippen MR) is 92.5 cm³/mol. The van der Waals surface area contributed by atoms with E-state index in [2.05, 4.69) is 24.3 Å². The van der Waals surface area contributed by atoms with E-state index in [1.54, 1.807) is 12.1 Å². The Balaban J connectivity index is 1.74. The van der Waals surface area contributed by atoms with Gasteiger partial charge in [0, 0.05) is 0 Å². The Morgan fingerprint density at radius 1 is 1.04 bits per heavy atom. The van der Waals surface area contributed by atoms with Crippen molar-refractivity contribution in [2.75, 3.05) is 0 Å². The zero-order chi connectivity index (χ0) is 16.1. The summed E-state index contributed by atoms with van der Waals surface area (Å²) >= 11 is 0.438. The Morgan fingerprint density at radius 2 is 1.70 bits per heavy atom. The van der Waals surface area contributed by atoms with Crippen LogP contribution in [0.2, 0.25) is 4.82 Å². The summed E-state index contributed by atoms with van der Waals surface area (Å²) in [5, 5.41) is 0. The molecule has 0 aromatic heterocycles. The van der Waals surface area contributed by atoms with Crippen LogP contribution in [0.4, 0.5) is 4.39 Å². The number of carbonyl (C=O) groups excluding carboxylic acids is 1. The second-order valence-corrected chi connectivity index (χ2v) is 9.24.